The normalized spacial score (nSPS) is 19.7. The minimum Gasteiger partial charge on any atom is -0.381 e. The summed E-state index contributed by atoms with van der Waals surface area (Å²) in [6, 6.07) is 3.41. The van der Waals surface area contributed by atoms with Crippen LogP contribution in [0.15, 0.2) is 34.1 Å². The molecule has 2 aliphatic rings. The summed E-state index contributed by atoms with van der Waals surface area (Å²) in [5.41, 5.74) is 0.816. The fourth-order valence-corrected chi connectivity index (χ4v) is 4.93. The number of carbonyl (C=O) groups excluding carboxylic acids is 1. The molecule has 3 aromatic rings. The number of aromatic nitrogens is 4. The summed E-state index contributed by atoms with van der Waals surface area (Å²) in [4.78, 5) is 30.6. The highest BCUT2D eigenvalue weighted by molar-refractivity contribution is 6.12. The number of amides is 1. The van der Waals surface area contributed by atoms with Gasteiger partial charge in [0.15, 0.2) is 0 Å². The van der Waals surface area contributed by atoms with Crippen molar-refractivity contribution < 1.29 is 22.7 Å². The van der Waals surface area contributed by atoms with E-state index >= 15 is 0 Å². The van der Waals surface area contributed by atoms with Crippen molar-refractivity contribution >= 4 is 29.9 Å². The van der Waals surface area contributed by atoms with Crippen LogP contribution in [-0.4, -0.2) is 45.2 Å². The van der Waals surface area contributed by atoms with Gasteiger partial charge in [0.05, 0.1) is 22.4 Å². The number of fused-ring (bicyclic) bond motifs is 2. The van der Waals surface area contributed by atoms with E-state index in [9.17, 15) is 22.8 Å². The smallest absolute Gasteiger partial charge is 0.381 e. The third-order valence-corrected chi connectivity index (χ3v) is 7.12. The number of nitrogens with one attached hydrogen (secondary N) is 1. The average Bonchev–Trinajstić information content (AvgIpc) is 3.43. The number of nitrogens with zero attached hydrogens (tertiary/aromatic N) is 4. The number of methoxy groups -OCH3 is 1. The van der Waals surface area contributed by atoms with Crippen molar-refractivity contribution in [2.75, 3.05) is 18.6 Å². The number of aromatic amines is 1. The van der Waals surface area contributed by atoms with Crippen molar-refractivity contribution in [2.24, 2.45) is 0 Å². The van der Waals surface area contributed by atoms with Gasteiger partial charge in [0, 0.05) is 30.8 Å². The van der Waals surface area contributed by atoms with Crippen LogP contribution in [-0.2, 0) is 22.1 Å². The largest absolute Gasteiger partial charge is 0.416 e. The number of hydrogen-bond donors (Lipinski definition) is 1. The molecule has 0 spiro atoms. The molecular formula is C26H26F3N5O3. The molecule has 2 aromatic heterocycles. The van der Waals surface area contributed by atoms with Gasteiger partial charge in [-0.25, -0.2) is 0 Å². The van der Waals surface area contributed by atoms with Crippen LogP contribution in [0.3, 0.4) is 0 Å². The first-order valence-electron chi connectivity index (χ1n) is 11.9. The molecule has 0 unspecified atom stereocenters. The fraction of sp³-hybridized carbons (Fsp3) is 0.385. The van der Waals surface area contributed by atoms with Crippen molar-refractivity contribution in [3.8, 4) is 0 Å². The molecule has 0 saturated heterocycles. The standard InChI is InChI=1S/C26H26F3N5O3/c1-13(2)19(25(36)33-8-7-15-9-17(26(27,28)29)5-6-21(15)33)12-20-14(3)34-22(16-10-18(11-16)37-4)31-32-23(34)24(35)30-20/h5-6,9,12,16,18H,3,7-8,10-11H2,1-2,4H3,(H,30,35)/b20-12+. The van der Waals surface area contributed by atoms with Crippen LogP contribution in [0.4, 0.5) is 18.9 Å². The number of anilines is 1. The molecular weight excluding hydrogens is 487 g/mol. The second kappa shape index (κ2) is 8.98. The fourth-order valence-electron chi connectivity index (χ4n) is 4.93. The van der Waals surface area contributed by atoms with Crippen LogP contribution in [0, 0.1) is 0 Å². The number of ether oxygens (including phenoxy) is 1. The Morgan fingerprint density at radius 1 is 1.24 bits per heavy atom. The van der Waals surface area contributed by atoms with Gasteiger partial charge in [-0.15, -0.1) is 10.2 Å². The monoisotopic (exact) mass is 513 g/mol. The Morgan fingerprint density at radius 3 is 2.62 bits per heavy atom. The van der Waals surface area contributed by atoms with E-state index in [4.69, 9.17) is 4.74 Å². The molecule has 3 heterocycles. The van der Waals surface area contributed by atoms with E-state index in [0.717, 1.165) is 25.0 Å². The maximum absolute atomic E-state index is 13.6. The number of H-pyrrole nitrogens is 1. The predicted octanol–water partition coefficient (Wildman–Crippen LogP) is 2.45. The van der Waals surface area contributed by atoms with Gasteiger partial charge in [-0.2, -0.15) is 13.2 Å². The Hall–Kier alpha value is -3.73. The summed E-state index contributed by atoms with van der Waals surface area (Å²) in [6.45, 7) is 7.91. The molecule has 11 heteroatoms. The summed E-state index contributed by atoms with van der Waals surface area (Å²) in [6.07, 6.45) is -0.936. The molecule has 8 nitrogen and oxygen atoms in total. The first kappa shape index (κ1) is 24.9. The van der Waals surface area contributed by atoms with Crippen LogP contribution in [0.5, 0.6) is 0 Å². The average molecular weight is 514 g/mol. The molecule has 0 bridgehead atoms. The molecule has 0 radical (unpaired) electrons. The number of allylic oxidation sites excluding steroid dienone is 1. The Kier molecular flexibility index (Phi) is 6.06. The quantitative estimate of drug-likeness (QED) is 0.541. The van der Waals surface area contributed by atoms with Gasteiger partial charge in [0.1, 0.15) is 5.82 Å². The van der Waals surface area contributed by atoms with E-state index in [-0.39, 0.29) is 30.1 Å². The molecule has 1 aliphatic carbocycles. The lowest BCUT2D eigenvalue weighted by Gasteiger charge is -2.32. The van der Waals surface area contributed by atoms with Crippen molar-refractivity contribution in [3.63, 3.8) is 0 Å². The van der Waals surface area contributed by atoms with Gasteiger partial charge in [-0.05, 0) is 62.9 Å². The number of carbonyl (C=O) groups is 1. The lowest BCUT2D eigenvalue weighted by Crippen LogP contribution is -2.42. The molecule has 1 amide bonds. The van der Waals surface area contributed by atoms with E-state index in [1.165, 1.54) is 11.0 Å². The van der Waals surface area contributed by atoms with Gasteiger partial charge in [-0.3, -0.25) is 14.0 Å². The van der Waals surface area contributed by atoms with Crippen molar-refractivity contribution in [3.05, 3.63) is 67.3 Å². The number of alkyl halides is 3. The van der Waals surface area contributed by atoms with Crippen LogP contribution in [0.2, 0.25) is 0 Å². The summed E-state index contributed by atoms with van der Waals surface area (Å²) < 4.78 is 46.4. The van der Waals surface area contributed by atoms with Crippen LogP contribution < -0.4 is 21.2 Å². The summed E-state index contributed by atoms with van der Waals surface area (Å²) in [5, 5.41) is 9.03. The number of rotatable bonds is 4. The lowest BCUT2D eigenvalue weighted by molar-refractivity contribution is -0.137. The van der Waals surface area contributed by atoms with Crippen molar-refractivity contribution in [2.45, 2.75) is 51.3 Å². The third-order valence-electron chi connectivity index (χ3n) is 7.12. The molecule has 5 rings (SSSR count). The summed E-state index contributed by atoms with van der Waals surface area (Å²) >= 11 is 0. The van der Waals surface area contributed by atoms with E-state index in [2.05, 4.69) is 21.8 Å². The second-order valence-electron chi connectivity index (χ2n) is 9.66. The Balaban J connectivity index is 1.55. The SMILES string of the molecule is C=c1/c(=C\C(C(=O)N2CCc3cc(C(F)(F)F)ccc32)=C(C)C)[nH]c(=O)c2nnc(C3CC(OC)C3)n12. The highest BCUT2D eigenvalue weighted by Gasteiger charge is 2.35. The van der Waals surface area contributed by atoms with Crippen LogP contribution in [0.1, 0.15) is 49.6 Å². The first-order valence-corrected chi connectivity index (χ1v) is 11.9. The lowest BCUT2D eigenvalue weighted by atomic mass is 9.81. The minimum atomic E-state index is -4.45. The van der Waals surface area contributed by atoms with Crippen molar-refractivity contribution in [1.29, 1.82) is 0 Å². The molecule has 37 heavy (non-hydrogen) atoms. The Labute approximate surface area is 209 Å². The number of halogens is 3. The third kappa shape index (κ3) is 4.26. The first-order chi connectivity index (χ1) is 17.5. The van der Waals surface area contributed by atoms with Crippen LogP contribution >= 0.6 is 0 Å². The maximum atomic E-state index is 13.6. The second-order valence-corrected chi connectivity index (χ2v) is 9.66. The molecule has 1 fully saturated rings. The van der Waals surface area contributed by atoms with Gasteiger partial charge in [0.2, 0.25) is 5.65 Å². The zero-order valence-corrected chi connectivity index (χ0v) is 20.6. The van der Waals surface area contributed by atoms with E-state index in [1.54, 1.807) is 31.4 Å². The van der Waals surface area contributed by atoms with Gasteiger partial charge in [-0.1, -0.05) is 12.2 Å². The highest BCUT2D eigenvalue weighted by Crippen LogP contribution is 2.37. The van der Waals surface area contributed by atoms with E-state index in [1.807, 2.05) is 0 Å². The summed E-state index contributed by atoms with van der Waals surface area (Å²) in [7, 11) is 1.65. The summed E-state index contributed by atoms with van der Waals surface area (Å²) in [5.74, 6) is 0.320. The maximum Gasteiger partial charge on any atom is 0.416 e. The van der Waals surface area contributed by atoms with Crippen molar-refractivity contribution in [1.82, 2.24) is 19.6 Å². The molecule has 1 N–H and O–H groups in total. The highest BCUT2D eigenvalue weighted by atomic mass is 19.4. The molecule has 1 aliphatic heterocycles. The number of hydrogen-bond acceptors (Lipinski definition) is 5. The predicted molar refractivity (Wildman–Crippen MR) is 131 cm³/mol. The van der Waals surface area contributed by atoms with E-state index in [0.29, 0.717) is 45.3 Å². The molecule has 1 aromatic carbocycles. The minimum absolute atomic E-state index is 0.0716. The zero-order chi connectivity index (χ0) is 26.6. The zero-order valence-electron chi connectivity index (χ0n) is 20.6. The topological polar surface area (TPSA) is 92.6 Å². The molecule has 0 atom stereocenters. The van der Waals surface area contributed by atoms with E-state index < -0.39 is 17.3 Å². The van der Waals surface area contributed by atoms with Crippen LogP contribution in [0.25, 0.3) is 18.3 Å². The Morgan fingerprint density at radius 2 is 1.97 bits per heavy atom. The van der Waals surface area contributed by atoms with Gasteiger partial charge in [0.25, 0.3) is 11.5 Å². The Bertz CT molecular complexity index is 1610. The molecule has 194 valence electrons. The molecule has 1 saturated carbocycles. The van der Waals surface area contributed by atoms with Gasteiger partial charge < -0.3 is 14.6 Å². The van der Waals surface area contributed by atoms with Gasteiger partial charge >= 0.3 is 6.18 Å². The number of benzene rings is 1.